The molecule has 2 nitrogen and oxygen atoms in total. The van der Waals surface area contributed by atoms with Crippen molar-refractivity contribution in [3.63, 3.8) is 0 Å². The van der Waals surface area contributed by atoms with Crippen molar-refractivity contribution >= 4 is 0 Å². The van der Waals surface area contributed by atoms with Crippen molar-refractivity contribution in [2.75, 3.05) is 0 Å². The first-order valence-electron chi connectivity index (χ1n) is 5.33. The lowest BCUT2D eigenvalue weighted by Gasteiger charge is -2.09. The number of ether oxygens (including phenoxy) is 1. The topological polar surface area (TPSA) is 29.5 Å². The van der Waals surface area contributed by atoms with Crippen molar-refractivity contribution in [3.8, 4) is 11.5 Å². The molecule has 0 radical (unpaired) electrons. The molecule has 0 aliphatic heterocycles. The van der Waals surface area contributed by atoms with E-state index in [0.29, 0.717) is 17.1 Å². The number of halogens is 1. The van der Waals surface area contributed by atoms with Gasteiger partial charge in [0, 0.05) is 5.56 Å². The molecule has 0 unspecified atom stereocenters. The van der Waals surface area contributed by atoms with Crippen molar-refractivity contribution in [2.24, 2.45) is 0 Å². The van der Waals surface area contributed by atoms with Gasteiger partial charge in [-0.15, -0.1) is 0 Å². The van der Waals surface area contributed by atoms with Crippen molar-refractivity contribution in [2.45, 2.75) is 13.5 Å². The fourth-order valence-corrected chi connectivity index (χ4v) is 1.50. The molecule has 0 aliphatic rings. The maximum atomic E-state index is 13.0. The first kappa shape index (κ1) is 11.6. The second-order valence-corrected chi connectivity index (χ2v) is 3.83. The number of aliphatic hydroxyl groups is 1. The highest BCUT2D eigenvalue weighted by atomic mass is 19.1. The molecule has 0 atom stereocenters. The van der Waals surface area contributed by atoms with E-state index in [0.717, 1.165) is 5.56 Å². The quantitative estimate of drug-likeness (QED) is 0.878. The van der Waals surface area contributed by atoms with Crippen LogP contribution in [-0.2, 0) is 6.61 Å². The second-order valence-electron chi connectivity index (χ2n) is 3.83. The Bertz CT molecular complexity index is 506. The lowest BCUT2D eigenvalue weighted by Crippen LogP contribution is -1.92. The van der Waals surface area contributed by atoms with E-state index in [1.54, 1.807) is 0 Å². The number of aryl methyl sites for hydroxylation is 1. The van der Waals surface area contributed by atoms with Crippen LogP contribution in [0.15, 0.2) is 42.5 Å². The Kier molecular flexibility index (Phi) is 3.40. The van der Waals surface area contributed by atoms with E-state index in [1.165, 1.54) is 18.2 Å². The zero-order valence-corrected chi connectivity index (χ0v) is 9.48. The van der Waals surface area contributed by atoms with Crippen LogP contribution in [0.3, 0.4) is 0 Å². The molecule has 0 saturated carbocycles. The maximum Gasteiger partial charge on any atom is 0.133 e. The normalized spacial score (nSPS) is 10.3. The summed E-state index contributed by atoms with van der Waals surface area (Å²) in [5.74, 6) is 0.750. The molecule has 2 rings (SSSR count). The molecule has 3 heteroatoms. The Labute approximate surface area is 99.3 Å². The van der Waals surface area contributed by atoms with Gasteiger partial charge < -0.3 is 9.84 Å². The van der Waals surface area contributed by atoms with Crippen LogP contribution in [0.2, 0.25) is 0 Å². The average molecular weight is 232 g/mol. The Morgan fingerprint density at radius 3 is 2.47 bits per heavy atom. The number of hydrogen-bond donors (Lipinski definition) is 1. The molecule has 1 N–H and O–H groups in total. The van der Waals surface area contributed by atoms with Gasteiger partial charge in [-0.25, -0.2) is 4.39 Å². The summed E-state index contributed by atoms with van der Waals surface area (Å²) in [6, 6.07) is 11.6. The van der Waals surface area contributed by atoms with Crippen LogP contribution in [0.25, 0.3) is 0 Å². The summed E-state index contributed by atoms with van der Waals surface area (Å²) >= 11 is 0. The Hall–Kier alpha value is -1.87. The van der Waals surface area contributed by atoms with Crippen LogP contribution in [0, 0.1) is 12.7 Å². The van der Waals surface area contributed by atoms with Gasteiger partial charge in [-0.3, -0.25) is 0 Å². The molecule has 0 fully saturated rings. The van der Waals surface area contributed by atoms with Gasteiger partial charge in [0.05, 0.1) is 6.61 Å². The number of benzene rings is 2. The summed E-state index contributed by atoms with van der Waals surface area (Å²) in [5.41, 5.74) is 1.57. The highest BCUT2D eigenvalue weighted by Gasteiger charge is 2.05. The zero-order chi connectivity index (χ0) is 12.3. The molecule has 17 heavy (non-hydrogen) atoms. The van der Waals surface area contributed by atoms with Crippen molar-refractivity contribution in [3.05, 3.63) is 59.4 Å². The van der Waals surface area contributed by atoms with E-state index in [4.69, 9.17) is 9.84 Å². The Morgan fingerprint density at radius 1 is 1.12 bits per heavy atom. The van der Waals surface area contributed by atoms with Crippen LogP contribution in [0.4, 0.5) is 4.39 Å². The molecular weight excluding hydrogens is 219 g/mol. The number of rotatable bonds is 3. The summed E-state index contributed by atoms with van der Waals surface area (Å²) in [4.78, 5) is 0. The largest absolute Gasteiger partial charge is 0.457 e. The first-order valence-corrected chi connectivity index (χ1v) is 5.33. The highest BCUT2D eigenvalue weighted by molar-refractivity contribution is 5.38. The molecule has 0 saturated heterocycles. The summed E-state index contributed by atoms with van der Waals surface area (Å²) in [7, 11) is 0. The fraction of sp³-hybridized carbons (Fsp3) is 0.143. The van der Waals surface area contributed by atoms with Crippen molar-refractivity contribution < 1.29 is 14.2 Å². The van der Waals surface area contributed by atoms with E-state index in [-0.39, 0.29) is 12.4 Å². The number of aliphatic hydroxyl groups excluding tert-OH is 1. The second kappa shape index (κ2) is 4.97. The minimum atomic E-state index is -0.384. The molecule has 2 aromatic rings. The van der Waals surface area contributed by atoms with E-state index in [9.17, 15) is 4.39 Å². The monoisotopic (exact) mass is 232 g/mol. The molecule has 0 spiro atoms. The van der Waals surface area contributed by atoms with Crippen molar-refractivity contribution in [1.82, 2.24) is 0 Å². The Balaban J connectivity index is 2.26. The van der Waals surface area contributed by atoms with Crippen LogP contribution in [0.1, 0.15) is 11.1 Å². The maximum absolute atomic E-state index is 13.0. The van der Waals surface area contributed by atoms with Crippen molar-refractivity contribution in [1.29, 1.82) is 0 Å². The van der Waals surface area contributed by atoms with E-state index in [2.05, 4.69) is 0 Å². The summed E-state index contributed by atoms with van der Waals surface area (Å²) in [6.07, 6.45) is 0. The summed E-state index contributed by atoms with van der Waals surface area (Å²) < 4.78 is 18.5. The molecule has 0 aromatic heterocycles. The minimum Gasteiger partial charge on any atom is -0.457 e. The van der Waals surface area contributed by atoms with E-state index < -0.39 is 0 Å². The van der Waals surface area contributed by atoms with Gasteiger partial charge in [-0.05, 0) is 37.3 Å². The predicted molar refractivity (Wildman–Crippen MR) is 63.6 cm³/mol. The predicted octanol–water partition coefficient (Wildman–Crippen LogP) is 3.42. The lowest BCUT2D eigenvalue weighted by molar-refractivity contribution is 0.276. The SMILES string of the molecule is Cc1ccc(Oc2ccc(F)cc2CO)cc1. The van der Waals surface area contributed by atoms with Gasteiger partial charge >= 0.3 is 0 Å². The molecule has 88 valence electrons. The lowest BCUT2D eigenvalue weighted by atomic mass is 10.2. The minimum absolute atomic E-state index is 0.251. The van der Waals surface area contributed by atoms with Crippen LogP contribution in [0.5, 0.6) is 11.5 Å². The van der Waals surface area contributed by atoms with Crippen LogP contribution < -0.4 is 4.74 Å². The van der Waals surface area contributed by atoms with Gasteiger partial charge in [0.15, 0.2) is 0 Å². The van der Waals surface area contributed by atoms with Gasteiger partial charge in [0.1, 0.15) is 17.3 Å². The van der Waals surface area contributed by atoms with Crippen LogP contribution in [-0.4, -0.2) is 5.11 Å². The smallest absolute Gasteiger partial charge is 0.133 e. The summed E-state index contributed by atoms with van der Waals surface area (Å²) in [5, 5.41) is 9.12. The van der Waals surface area contributed by atoms with E-state index >= 15 is 0 Å². The van der Waals surface area contributed by atoms with Crippen LogP contribution >= 0.6 is 0 Å². The molecule has 0 amide bonds. The molecule has 0 heterocycles. The first-order chi connectivity index (χ1) is 8.19. The highest BCUT2D eigenvalue weighted by Crippen LogP contribution is 2.26. The van der Waals surface area contributed by atoms with Gasteiger partial charge in [0.2, 0.25) is 0 Å². The number of hydrogen-bond acceptors (Lipinski definition) is 2. The Morgan fingerprint density at radius 2 is 1.82 bits per heavy atom. The average Bonchev–Trinajstić information content (AvgIpc) is 2.34. The standard InChI is InChI=1S/C14H13FO2/c1-10-2-5-13(6-3-10)17-14-7-4-12(15)8-11(14)9-16/h2-8,16H,9H2,1H3. The van der Waals surface area contributed by atoms with Gasteiger partial charge in [0.25, 0.3) is 0 Å². The van der Waals surface area contributed by atoms with Gasteiger partial charge in [-0.1, -0.05) is 17.7 Å². The third-order valence-corrected chi connectivity index (χ3v) is 2.44. The zero-order valence-electron chi connectivity index (χ0n) is 9.48. The van der Waals surface area contributed by atoms with Gasteiger partial charge in [-0.2, -0.15) is 0 Å². The third-order valence-electron chi connectivity index (χ3n) is 2.44. The van der Waals surface area contributed by atoms with E-state index in [1.807, 2.05) is 31.2 Å². The molecular formula is C14H13FO2. The third kappa shape index (κ3) is 2.82. The molecule has 0 bridgehead atoms. The molecule has 0 aliphatic carbocycles. The molecule has 2 aromatic carbocycles. The summed E-state index contributed by atoms with van der Waals surface area (Å²) in [6.45, 7) is 1.74. The fourth-order valence-electron chi connectivity index (χ4n) is 1.50.